The van der Waals surface area contributed by atoms with Crippen molar-refractivity contribution in [1.29, 1.82) is 5.26 Å². The van der Waals surface area contributed by atoms with Gasteiger partial charge in [0.05, 0.1) is 27.9 Å². The number of anilines is 1. The van der Waals surface area contributed by atoms with Gasteiger partial charge in [0.25, 0.3) is 5.91 Å². The van der Waals surface area contributed by atoms with Gasteiger partial charge in [-0.25, -0.2) is 9.69 Å². The van der Waals surface area contributed by atoms with Crippen LogP contribution < -0.4 is 4.90 Å². The number of nitrogens with zero attached hydrogens (tertiary/aromatic N) is 3. The zero-order chi connectivity index (χ0) is 21.7. The predicted octanol–water partition coefficient (Wildman–Crippen LogP) is 4.25. The average molecular weight is 424 g/mol. The Morgan fingerprint density at radius 2 is 1.83 bits per heavy atom. The highest BCUT2D eigenvalue weighted by Crippen LogP contribution is 2.42. The molecule has 1 heterocycles. The Kier molecular flexibility index (Phi) is 4.71. The van der Waals surface area contributed by atoms with E-state index in [9.17, 15) is 27.9 Å². The lowest BCUT2D eigenvalue weighted by Gasteiger charge is -2.29. The highest BCUT2D eigenvalue weighted by Gasteiger charge is 2.54. The zero-order valence-electron chi connectivity index (χ0n) is 15.1. The molecule has 2 aromatic rings. The van der Waals surface area contributed by atoms with Crippen LogP contribution in [0.3, 0.4) is 0 Å². The number of benzene rings is 2. The SMILES string of the molecule is CN1C(=O)N(c2ccc(C#N)c(C(F)(F)F)c2)C(=O)C1(C)c1ccc(O)c(Cl)c1. The molecule has 1 aliphatic heterocycles. The summed E-state index contributed by atoms with van der Waals surface area (Å²) in [5, 5.41) is 18.5. The molecular weight excluding hydrogens is 411 g/mol. The fourth-order valence-corrected chi connectivity index (χ4v) is 3.33. The Morgan fingerprint density at radius 3 is 2.38 bits per heavy atom. The molecule has 0 bridgehead atoms. The van der Waals surface area contributed by atoms with E-state index < -0.39 is 34.8 Å². The molecular formula is C19H13ClF3N3O3. The Balaban J connectivity index is 2.14. The van der Waals surface area contributed by atoms with Crippen LogP contribution in [0.25, 0.3) is 0 Å². The smallest absolute Gasteiger partial charge is 0.417 e. The molecule has 3 amide bonds. The number of phenolic OH excluding ortho intramolecular Hbond substituents is 1. The first-order valence-electron chi connectivity index (χ1n) is 8.15. The molecule has 1 fully saturated rings. The first kappa shape index (κ1) is 20.5. The van der Waals surface area contributed by atoms with Gasteiger partial charge in [-0.1, -0.05) is 17.7 Å². The number of nitriles is 1. The van der Waals surface area contributed by atoms with Gasteiger partial charge in [-0.3, -0.25) is 4.79 Å². The van der Waals surface area contributed by atoms with E-state index in [1.54, 1.807) is 0 Å². The number of hydrogen-bond donors (Lipinski definition) is 1. The largest absolute Gasteiger partial charge is 0.506 e. The van der Waals surface area contributed by atoms with E-state index in [1.165, 1.54) is 38.2 Å². The summed E-state index contributed by atoms with van der Waals surface area (Å²) in [6, 6.07) is 7.16. The summed E-state index contributed by atoms with van der Waals surface area (Å²) in [5.74, 6) is -1.03. The fraction of sp³-hybridized carbons (Fsp3) is 0.211. The summed E-state index contributed by atoms with van der Waals surface area (Å²) in [6.07, 6.45) is -4.84. The van der Waals surface area contributed by atoms with Crippen molar-refractivity contribution < 1.29 is 27.9 Å². The molecule has 0 saturated carbocycles. The summed E-state index contributed by atoms with van der Waals surface area (Å²) in [7, 11) is 1.33. The van der Waals surface area contributed by atoms with Gasteiger partial charge >= 0.3 is 12.2 Å². The standard InChI is InChI=1S/C19H13ClF3N3O3/c1-18(11-4-6-15(27)14(20)7-11)16(28)26(17(29)25(18)2)12-5-3-10(9-24)13(8-12)19(21,22)23/h3-8,27H,1-2H3. The molecule has 3 rings (SSSR count). The molecule has 2 aromatic carbocycles. The van der Waals surface area contributed by atoms with Gasteiger partial charge in [0.15, 0.2) is 0 Å². The Morgan fingerprint density at radius 1 is 1.17 bits per heavy atom. The molecule has 10 heteroatoms. The summed E-state index contributed by atoms with van der Waals surface area (Å²) in [6.45, 7) is 1.42. The van der Waals surface area contributed by atoms with Gasteiger partial charge in [0.2, 0.25) is 0 Å². The summed E-state index contributed by atoms with van der Waals surface area (Å²) in [4.78, 5) is 27.6. The van der Waals surface area contributed by atoms with Crippen molar-refractivity contribution in [3.8, 4) is 11.8 Å². The topological polar surface area (TPSA) is 84.6 Å². The van der Waals surface area contributed by atoms with Crippen LogP contribution in [-0.4, -0.2) is 29.0 Å². The third kappa shape index (κ3) is 3.06. The van der Waals surface area contributed by atoms with Crippen LogP contribution in [0.15, 0.2) is 36.4 Å². The number of aromatic hydroxyl groups is 1. The molecule has 29 heavy (non-hydrogen) atoms. The van der Waals surface area contributed by atoms with Gasteiger partial charge in [0.1, 0.15) is 11.3 Å². The predicted molar refractivity (Wildman–Crippen MR) is 97.3 cm³/mol. The molecule has 0 spiro atoms. The molecule has 0 aromatic heterocycles. The van der Waals surface area contributed by atoms with Crippen molar-refractivity contribution in [1.82, 2.24) is 4.90 Å². The van der Waals surface area contributed by atoms with E-state index in [0.717, 1.165) is 17.0 Å². The molecule has 0 aliphatic carbocycles. The summed E-state index contributed by atoms with van der Waals surface area (Å²) < 4.78 is 39.9. The Bertz CT molecular complexity index is 1080. The number of urea groups is 1. The maximum atomic E-state index is 13.3. The van der Waals surface area contributed by atoms with E-state index >= 15 is 0 Å². The Hall–Kier alpha value is -3.25. The molecule has 150 valence electrons. The van der Waals surface area contributed by atoms with Crippen molar-refractivity contribution in [3.05, 3.63) is 58.1 Å². The fourth-order valence-electron chi connectivity index (χ4n) is 3.15. The maximum absolute atomic E-state index is 13.3. The number of hydrogen-bond acceptors (Lipinski definition) is 4. The molecule has 1 atom stereocenters. The average Bonchev–Trinajstić information content (AvgIpc) is 2.84. The third-order valence-electron chi connectivity index (χ3n) is 4.97. The molecule has 0 radical (unpaired) electrons. The number of halogens is 4. The van der Waals surface area contributed by atoms with Gasteiger partial charge in [0, 0.05) is 7.05 Å². The van der Waals surface area contributed by atoms with Crippen molar-refractivity contribution >= 4 is 29.2 Å². The summed E-state index contributed by atoms with van der Waals surface area (Å²) >= 11 is 5.91. The first-order chi connectivity index (χ1) is 13.4. The van der Waals surface area contributed by atoms with Gasteiger partial charge in [-0.05, 0) is 42.8 Å². The minimum atomic E-state index is -4.84. The number of imide groups is 1. The van der Waals surface area contributed by atoms with Crippen molar-refractivity contribution in [2.45, 2.75) is 18.6 Å². The number of alkyl halides is 3. The maximum Gasteiger partial charge on any atom is 0.417 e. The highest BCUT2D eigenvalue weighted by atomic mass is 35.5. The van der Waals surface area contributed by atoms with E-state index in [-0.39, 0.29) is 22.0 Å². The molecule has 1 saturated heterocycles. The number of carbonyl (C=O) groups is 2. The number of rotatable bonds is 2. The number of likely N-dealkylation sites (N-methyl/N-ethyl adjacent to an activating group) is 1. The van der Waals surface area contributed by atoms with Gasteiger partial charge < -0.3 is 10.0 Å². The van der Waals surface area contributed by atoms with Gasteiger partial charge in [-0.15, -0.1) is 0 Å². The van der Waals surface area contributed by atoms with E-state index in [4.69, 9.17) is 16.9 Å². The lowest BCUT2D eigenvalue weighted by atomic mass is 9.90. The van der Waals surface area contributed by atoms with Crippen LogP contribution in [0.5, 0.6) is 5.75 Å². The Labute approximate surface area is 168 Å². The molecule has 1 aliphatic rings. The van der Waals surface area contributed by atoms with Crippen LogP contribution in [0.1, 0.15) is 23.6 Å². The summed E-state index contributed by atoms with van der Waals surface area (Å²) in [5.41, 5.74) is -3.48. The van der Waals surface area contributed by atoms with E-state index in [1.807, 2.05) is 0 Å². The molecule has 1 N–H and O–H groups in total. The highest BCUT2D eigenvalue weighted by molar-refractivity contribution is 6.32. The van der Waals surface area contributed by atoms with Gasteiger partial charge in [-0.2, -0.15) is 18.4 Å². The van der Waals surface area contributed by atoms with Crippen molar-refractivity contribution in [2.24, 2.45) is 0 Å². The monoisotopic (exact) mass is 423 g/mol. The second-order valence-corrected chi connectivity index (χ2v) is 6.97. The quantitative estimate of drug-likeness (QED) is 0.732. The van der Waals surface area contributed by atoms with Crippen molar-refractivity contribution in [3.63, 3.8) is 0 Å². The first-order valence-corrected chi connectivity index (χ1v) is 8.53. The van der Waals surface area contributed by atoms with Crippen LogP contribution in [-0.2, 0) is 16.5 Å². The molecule has 6 nitrogen and oxygen atoms in total. The van der Waals surface area contributed by atoms with Crippen LogP contribution in [0, 0.1) is 11.3 Å². The number of amides is 3. The second-order valence-electron chi connectivity index (χ2n) is 6.56. The second kappa shape index (κ2) is 6.67. The third-order valence-corrected chi connectivity index (χ3v) is 5.27. The normalized spacial score (nSPS) is 19.6. The zero-order valence-corrected chi connectivity index (χ0v) is 15.8. The minimum absolute atomic E-state index is 0.0476. The number of carbonyl (C=O) groups excluding carboxylic acids is 2. The van der Waals surface area contributed by atoms with E-state index in [0.29, 0.717) is 11.0 Å². The van der Waals surface area contributed by atoms with Crippen LogP contribution in [0.4, 0.5) is 23.7 Å². The van der Waals surface area contributed by atoms with E-state index in [2.05, 4.69) is 0 Å². The van der Waals surface area contributed by atoms with Crippen molar-refractivity contribution in [2.75, 3.05) is 11.9 Å². The lowest BCUT2D eigenvalue weighted by molar-refractivity contribution is -0.137. The minimum Gasteiger partial charge on any atom is -0.506 e. The van der Waals surface area contributed by atoms with Crippen LogP contribution >= 0.6 is 11.6 Å². The number of phenols is 1. The lowest BCUT2D eigenvalue weighted by Crippen LogP contribution is -2.42. The van der Waals surface area contributed by atoms with Crippen LogP contribution in [0.2, 0.25) is 5.02 Å². The molecule has 1 unspecified atom stereocenters.